The molecule has 2 amide bonds. The summed E-state index contributed by atoms with van der Waals surface area (Å²) in [5.74, 6) is 1.90. The molecule has 3 heterocycles. The van der Waals surface area contributed by atoms with Gasteiger partial charge in [-0.3, -0.25) is 4.90 Å². The average Bonchev–Trinajstić information content (AvgIpc) is 3.43. The zero-order chi connectivity index (χ0) is 28.3. The molecule has 0 aliphatic carbocycles. The van der Waals surface area contributed by atoms with Crippen LogP contribution in [0.1, 0.15) is 5.56 Å². The van der Waals surface area contributed by atoms with Gasteiger partial charge >= 0.3 is 6.03 Å². The lowest BCUT2D eigenvalue weighted by Gasteiger charge is -2.36. The summed E-state index contributed by atoms with van der Waals surface area (Å²) in [5.41, 5.74) is 3.14. The fraction of sp³-hybridized carbons (Fsp3) is 0.321. The normalized spacial score (nSPS) is 13.5. The van der Waals surface area contributed by atoms with Crippen LogP contribution in [-0.4, -0.2) is 58.8 Å². The number of carbonyl (C=O) groups is 1. The molecule has 2 aromatic carbocycles. The van der Waals surface area contributed by atoms with Crippen molar-refractivity contribution < 1.29 is 14.3 Å². The van der Waals surface area contributed by atoms with Crippen molar-refractivity contribution in [2.45, 2.75) is 44.1 Å². The predicted molar refractivity (Wildman–Crippen MR) is 160 cm³/mol. The van der Waals surface area contributed by atoms with Gasteiger partial charge in [0.2, 0.25) is 0 Å². The third-order valence-corrected chi connectivity index (χ3v) is 8.75. The Morgan fingerprint density at radius 3 is 2.40 bits per heavy atom. The number of urea groups is 1. The molecule has 0 spiro atoms. The highest BCUT2D eigenvalue weighted by Crippen LogP contribution is 2.37. The molecule has 0 radical (unpaired) electrons. The Morgan fingerprint density at radius 2 is 1.73 bits per heavy atom. The largest absolute Gasteiger partial charge is 0.497 e. The second-order valence-corrected chi connectivity index (χ2v) is 17.0. The Labute approximate surface area is 239 Å². The predicted octanol–water partition coefficient (Wildman–Crippen LogP) is 6.06. The first kappa shape index (κ1) is 27.8. The number of rotatable bonds is 10. The summed E-state index contributed by atoms with van der Waals surface area (Å²) in [4.78, 5) is 30.9. The molecule has 1 aliphatic rings. The van der Waals surface area contributed by atoms with Crippen LogP contribution in [0.3, 0.4) is 0 Å². The maximum atomic E-state index is 13.9. The number of hydrogen-bond donors (Lipinski definition) is 0. The van der Waals surface area contributed by atoms with Gasteiger partial charge in [-0.15, -0.1) is 5.10 Å². The second-order valence-electron chi connectivity index (χ2n) is 10.6. The minimum Gasteiger partial charge on any atom is -0.497 e. The lowest BCUT2D eigenvalue weighted by Crippen LogP contribution is -2.45. The number of hydrogen-bond acceptors (Lipinski definition) is 8. The first-order valence-corrected chi connectivity index (χ1v) is 17.9. The van der Waals surface area contributed by atoms with Crippen LogP contribution in [0.4, 0.5) is 22.0 Å². The molecule has 0 atom stereocenters. The van der Waals surface area contributed by atoms with Crippen LogP contribution in [0, 0.1) is 0 Å². The Hall–Kier alpha value is -3.74. The molecule has 0 unspecified atom stereocenters. The molecule has 0 saturated heterocycles. The highest BCUT2D eigenvalue weighted by atomic mass is 32.2. The summed E-state index contributed by atoms with van der Waals surface area (Å²) in [6.45, 7) is 8.44. The van der Waals surface area contributed by atoms with Gasteiger partial charge in [-0.05, 0) is 60.8 Å². The van der Waals surface area contributed by atoms with Gasteiger partial charge in [0, 0.05) is 37.7 Å². The molecule has 0 N–H and O–H groups in total. The van der Waals surface area contributed by atoms with E-state index in [0.717, 1.165) is 35.2 Å². The van der Waals surface area contributed by atoms with E-state index in [1.54, 1.807) is 34.1 Å². The quantitative estimate of drug-likeness (QED) is 0.0975. The summed E-state index contributed by atoms with van der Waals surface area (Å²) in [5, 5.41) is 5.17. The number of carbonyl (C=O) groups excluding carboxylic acids is 1. The van der Waals surface area contributed by atoms with Crippen molar-refractivity contribution in [1.82, 2.24) is 24.7 Å². The molecule has 0 bridgehead atoms. The van der Waals surface area contributed by atoms with Gasteiger partial charge in [0.1, 0.15) is 18.8 Å². The maximum Gasteiger partial charge on any atom is 0.335 e. The van der Waals surface area contributed by atoms with E-state index in [0.29, 0.717) is 35.8 Å². The first-order valence-electron chi connectivity index (χ1n) is 13.0. The SMILES string of the molecule is COc1ccc(N2Cc3cnc(SC)nc3N(c3ccc(-c4ncn(COCC[Si](C)(C)C)n4)cc3)C2=O)cc1. The minimum atomic E-state index is -1.14. The van der Waals surface area contributed by atoms with Crippen molar-refractivity contribution in [1.29, 1.82) is 0 Å². The van der Waals surface area contributed by atoms with Crippen molar-refractivity contribution in [2.24, 2.45) is 0 Å². The van der Waals surface area contributed by atoms with Crippen LogP contribution < -0.4 is 14.5 Å². The molecule has 0 fully saturated rings. The standard InChI is InChI=1S/C28H33N7O3SSi/c1-37-24-12-10-22(11-13-24)34-17-21-16-29-27(39-2)31-26(21)35(28(34)36)23-8-6-20(7-9-23)25-30-18-33(32-25)19-38-14-15-40(3,4)5/h6-13,16,18H,14-15,17,19H2,1-5H3. The molecular formula is C28H33N7O3SSi. The van der Waals surface area contributed by atoms with Crippen LogP contribution in [0.2, 0.25) is 25.7 Å². The fourth-order valence-electron chi connectivity index (χ4n) is 4.22. The van der Waals surface area contributed by atoms with E-state index in [9.17, 15) is 4.79 Å². The molecule has 5 rings (SSSR count). The average molecular weight is 576 g/mol. The van der Waals surface area contributed by atoms with E-state index in [1.165, 1.54) is 11.8 Å². The number of benzene rings is 2. The van der Waals surface area contributed by atoms with Crippen LogP contribution >= 0.6 is 11.8 Å². The molecule has 1 aliphatic heterocycles. The van der Waals surface area contributed by atoms with E-state index in [4.69, 9.17) is 14.5 Å². The molecule has 4 aromatic rings. The molecule has 2 aromatic heterocycles. The topological polar surface area (TPSA) is 98.5 Å². The minimum absolute atomic E-state index is 0.200. The molecule has 10 nitrogen and oxygen atoms in total. The van der Waals surface area contributed by atoms with Gasteiger partial charge in [-0.2, -0.15) is 0 Å². The van der Waals surface area contributed by atoms with Gasteiger partial charge in [0.15, 0.2) is 16.8 Å². The van der Waals surface area contributed by atoms with Crippen molar-refractivity contribution in [3.63, 3.8) is 0 Å². The van der Waals surface area contributed by atoms with E-state index < -0.39 is 8.07 Å². The maximum absolute atomic E-state index is 13.9. The van der Waals surface area contributed by atoms with Gasteiger partial charge in [0.25, 0.3) is 0 Å². The summed E-state index contributed by atoms with van der Waals surface area (Å²) in [6.07, 6.45) is 5.38. The Kier molecular flexibility index (Phi) is 8.19. The summed E-state index contributed by atoms with van der Waals surface area (Å²) >= 11 is 1.44. The summed E-state index contributed by atoms with van der Waals surface area (Å²) in [7, 11) is 0.479. The number of amides is 2. The van der Waals surface area contributed by atoms with Crippen molar-refractivity contribution in [3.05, 3.63) is 66.6 Å². The number of methoxy groups -OCH3 is 1. The zero-order valence-corrected chi connectivity index (χ0v) is 25.2. The van der Waals surface area contributed by atoms with Gasteiger partial charge in [-0.25, -0.2) is 29.3 Å². The van der Waals surface area contributed by atoms with E-state index in [-0.39, 0.29) is 6.03 Å². The molecule has 208 valence electrons. The van der Waals surface area contributed by atoms with Crippen LogP contribution in [0.5, 0.6) is 5.75 Å². The molecular weight excluding hydrogens is 543 g/mol. The Balaban J connectivity index is 1.39. The number of thioether (sulfide) groups is 1. The second kappa shape index (κ2) is 11.8. The Morgan fingerprint density at radius 1 is 1.00 bits per heavy atom. The van der Waals surface area contributed by atoms with Crippen LogP contribution in [0.25, 0.3) is 11.4 Å². The van der Waals surface area contributed by atoms with Crippen LogP contribution in [-0.2, 0) is 18.0 Å². The molecule has 0 saturated carbocycles. The number of anilines is 3. The monoisotopic (exact) mass is 575 g/mol. The fourth-order valence-corrected chi connectivity index (χ4v) is 5.31. The number of nitrogens with zero attached hydrogens (tertiary/aromatic N) is 7. The van der Waals surface area contributed by atoms with E-state index >= 15 is 0 Å². The van der Waals surface area contributed by atoms with Crippen molar-refractivity contribution in [3.8, 4) is 17.1 Å². The molecule has 40 heavy (non-hydrogen) atoms. The third kappa shape index (κ3) is 6.19. The van der Waals surface area contributed by atoms with Gasteiger partial charge < -0.3 is 9.47 Å². The lowest BCUT2D eigenvalue weighted by atomic mass is 10.1. The number of aromatic nitrogens is 5. The van der Waals surface area contributed by atoms with E-state index in [1.807, 2.05) is 54.8 Å². The van der Waals surface area contributed by atoms with Crippen molar-refractivity contribution >= 4 is 43.1 Å². The highest BCUT2D eigenvalue weighted by Gasteiger charge is 2.34. The summed E-state index contributed by atoms with van der Waals surface area (Å²) < 4.78 is 12.8. The highest BCUT2D eigenvalue weighted by molar-refractivity contribution is 7.98. The first-order chi connectivity index (χ1) is 19.3. The molecule has 12 heteroatoms. The van der Waals surface area contributed by atoms with Crippen molar-refractivity contribution in [2.75, 3.05) is 29.8 Å². The summed E-state index contributed by atoms with van der Waals surface area (Å²) in [6, 6.07) is 15.9. The zero-order valence-electron chi connectivity index (χ0n) is 23.4. The lowest BCUT2D eigenvalue weighted by molar-refractivity contribution is 0.0785. The van der Waals surface area contributed by atoms with E-state index in [2.05, 4.69) is 34.7 Å². The van der Waals surface area contributed by atoms with Gasteiger partial charge in [-0.1, -0.05) is 31.4 Å². The van der Waals surface area contributed by atoms with Gasteiger partial charge in [0.05, 0.1) is 19.3 Å². The number of ether oxygens (including phenoxy) is 2. The number of fused-ring (bicyclic) bond motifs is 1. The third-order valence-electron chi connectivity index (χ3n) is 6.49. The smallest absolute Gasteiger partial charge is 0.335 e. The van der Waals surface area contributed by atoms with Crippen LogP contribution in [0.15, 0.2) is 66.2 Å². The Bertz CT molecular complexity index is 1470.